The molecule has 176 valence electrons. The maximum Gasteiger partial charge on any atom is 0.266 e. The zero-order valence-electron chi connectivity index (χ0n) is 18.9. The minimum Gasteiger partial charge on any atom is -0.306 e. The lowest BCUT2D eigenvalue weighted by Gasteiger charge is -2.14. The van der Waals surface area contributed by atoms with Gasteiger partial charge in [0, 0.05) is 23.4 Å². The van der Waals surface area contributed by atoms with Crippen molar-refractivity contribution in [3.05, 3.63) is 56.6 Å². The van der Waals surface area contributed by atoms with Crippen molar-refractivity contribution in [2.45, 2.75) is 39.5 Å². The van der Waals surface area contributed by atoms with Gasteiger partial charge in [-0.1, -0.05) is 56.0 Å². The molecule has 0 atom stereocenters. The molecule has 1 aromatic carbocycles. The normalized spacial score (nSPS) is 14.9. The molecule has 0 saturated carbocycles. The first-order valence-corrected chi connectivity index (χ1v) is 13.1. The van der Waals surface area contributed by atoms with Gasteiger partial charge in [-0.25, -0.2) is 4.63 Å². The molecule has 0 spiro atoms. The number of nitrogens with zero attached hydrogens (tertiary/aromatic N) is 3. The number of carbonyl (C=O) groups excluding carboxylic acids is 2. The van der Waals surface area contributed by atoms with Crippen molar-refractivity contribution in [3.63, 3.8) is 0 Å². The van der Waals surface area contributed by atoms with Crippen LogP contribution >= 0.6 is 35.3 Å². The molecule has 1 aliphatic heterocycles. The third kappa shape index (κ3) is 5.45. The number of aryl methyl sites for hydroxylation is 2. The molecule has 34 heavy (non-hydrogen) atoms. The molecule has 0 unspecified atom stereocenters. The van der Waals surface area contributed by atoms with E-state index in [1.807, 2.05) is 23.6 Å². The Morgan fingerprint density at radius 3 is 2.82 bits per heavy atom. The van der Waals surface area contributed by atoms with Crippen molar-refractivity contribution < 1.29 is 14.2 Å². The van der Waals surface area contributed by atoms with Crippen molar-refractivity contribution >= 4 is 63.3 Å². The van der Waals surface area contributed by atoms with Gasteiger partial charge in [-0.2, -0.15) is 0 Å². The highest BCUT2D eigenvalue weighted by atomic mass is 32.2. The summed E-state index contributed by atoms with van der Waals surface area (Å²) in [4.78, 5) is 28.5. The SMILES string of the molecule is CCc1ccc(CC)c(-c2nonc2NC(=O)CCCN2C(=O)/C(=C/c3cccs3)SC2=S)c1. The first kappa shape index (κ1) is 24.3. The average Bonchev–Trinajstić information content (AvgIpc) is 3.57. The number of nitrogens with one attached hydrogen (secondary N) is 1. The number of hydrogen-bond donors (Lipinski definition) is 1. The minimum atomic E-state index is -0.221. The minimum absolute atomic E-state index is 0.116. The van der Waals surface area contributed by atoms with E-state index in [-0.39, 0.29) is 18.2 Å². The molecule has 1 N–H and O–H groups in total. The Morgan fingerprint density at radius 2 is 2.09 bits per heavy atom. The summed E-state index contributed by atoms with van der Waals surface area (Å²) in [6.07, 6.45) is 4.25. The van der Waals surface area contributed by atoms with Crippen LogP contribution in [0.25, 0.3) is 17.3 Å². The van der Waals surface area contributed by atoms with Gasteiger partial charge in [-0.3, -0.25) is 14.5 Å². The fraction of sp³-hybridized carbons (Fsp3) is 0.292. The highest BCUT2D eigenvalue weighted by Gasteiger charge is 2.31. The smallest absolute Gasteiger partial charge is 0.266 e. The standard InChI is InChI=1S/C24H24N4O3S3/c1-3-15-9-10-16(4-2)18(13-15)21-22(27-31-26-21)25-20(29)8-5-11-28-23(30)19(34-24(28)32)14-17-7-6-12-33-17/h6-7,9-10,12-14H,3-5,8,11H2,1-2H3,(H,25,27,29)/b19-14-. The first-order chi connectivity index (χ1) is 16.5. The molecule has 3 aromatic rings. The molecule has 0 bridgehead atoms. The lowest BCUT2D eigenvalue weighted by Crippen LogP contribution is -2.29. The van der Waals surface area contributed by atoms with Gasteiger partial charge in [0.1, 0.15) is 4.32 Å². The molecular formula is C24H24N4O3S3. The predicted molar refractivity (Wildman–Crippen MR) is 141 cm³/mol. The van der Waals surface area contributed by atoms with E-state index in [1.165, 1.54) is 17.3 Å². The summed E-state index contributed by atoms with van der Waals surface area (Å²) in [5, 5.41) is 12.7. The monoisotopic (exact) mass is 512 g/mol. The Balaban J connectivity index is 1.36. The zero-order valence-corrected chi connectivity index (χ0v) is 21.3. The van der Waals surface area contributed by atoms with Crippen molar-refractivity contribution in [2.75, 3.05) is 11.9 Å². The summed E-state index contributed by atoms with van der Waals surface area (Å²) in [6.45, 7) is 4.53. The third-order valence-corrected chi connectivity index (χ3v) is 7.64. The number of thiophene rings is 1. The van der Waals surface area contributed by atoms with E-state index in [4.69, 9.17) is 16.8 Å². The summed E-state index contributed by atoms with van der Waals surface area (Å²) in [5.74, 6) is -0.0339. The van der Waals surface area contributed by atoms with Crippen molar-refractivity contribution in [2.24, 2.45) is 0 Å². The Hall–Kier alpha value is -2.82. The van der Waals surface area contributed by atoms with Gasteiger partial charge in [-0.15, -0.1) is 11.3 Å². The fourth-order valence-electron chi connectivity index (χ4n) is 3.61. The Kier molecular flexibility index (Phi) is 7.91. The van der Waals surface area contributed by atoms with E-state index in [1.54, 1.807) is 16.2 Å². The molecule has 3 heterocycles. The molecule has 2 amide bonds. The van der Waals surface area contributed by atoms with Crippen LogP contribution in [0.15, 0.2) is 45.2 Å². The van der Waals surface area contributed by atoms with Gasteiger partial charge in [0.05, 0.1) is 4.91 Å². The third-order valence-electron chi connectivity index (χ3n) is 5.44. The second-order valence-corrected chi connectivity index (χ2v) is 10.3. The summed E-state index contributed by atoms with van der Waals surface area (Å²) >= 11 is 8.24. The second kappa shape index (κ2) is 11.1. The van der Waals surface area contributed by atoms with Crippen molar-refractivity contribution in [1.29, 1.82) is 0 Å². The molecule has 2 aromatic heterocycles. The molecular weight excluding hydrogens is 488 g/mol. The lowest BCUT2D eigenvalue weighted by atomic mass is 9.98. The number of anilines is 1. The van der Waals surface area contributed by atoms with Gasteiger partial charge in [0.2, 0.25) is 11.7 Å². The highest BCUT2D eigenvalue weighted by Crippen LogP contribution is 2.33. The van der Waals surface area contributed by atoms with Crippen molar-refractivity contribution in [1.82, 2.24) is 15.2 Å². The Labute approximate surface area is 211 Å². The van der Waals surface area contributed by atoms with Crippen LogP contribution < -0.4 is 5.32 Å². The van der Waals surface area contributed by atoms with Crippen LogP contribution in [-0.4, -0.2) is 37.9 Å². The molecule has 1 aliphatic rings. The van der Waals surface area contributed by atoms with E-state index < -0.39 is 0 Å². The zero-order chi connectivity index (χ0) is 24.1. The molecule has 0 aliphatic carbocycles. The van der Waals surface area contributed by atoms with Crippen LogP contribution in [0, 0.1) is 0 Å². The summed E-state index contributed by atoms with van der Waals surface area (Å²) in [5.41, 5.74) is 3.71. The predicted octanol–water partition coefficient (Wildman–Crippen LogP) is 5.54. The van der Waals surface area contributed by atoms with Gasteiger partial charge >= 0.3 is 0 Å². The number of amides is 2. The topological polar surface area (TPSA) is 88.3 Å². The maximum absolute atomic E-state index is 12.7. The van der Waals surface area contributed by atoms with E-state index in [9.17, 15) is 9.59 Å². The van der Waals surface area contributed by atoms with Crippen LogP contribution in [0.4, 0.5) is 5.82 Å². The van der Waals surface area contributed by atoms with E-state index >= 15 is 0 Å². The van der Waals surface area contributed by atoms with E-state index in [0.717, 1.165) is 28.8 Å². The summed E-state index contributed by atoms with van der Waals surface area (Å²) < 4.78 is 5.46. The van der Waals surface area contributed by atoms with Gasteiger partial charge in [0.15, 0.2) is 5.69 Å². The fourth-order valence-corrected chi connectivity index (χ4v) is 5.64. The molecule has 0 radical (unpaired) electrons. The highest BCUT2D eigenvalue weighted by molar-refractivity contribution is 8.26. The lowest BCUT2D eigenvalue weighted by molar-refractivity contribution is -0.122. The number of carbonyl (C=O) groups is 2. The van der Waals surface area contributed by atoms with Crippen LogP contribution in [0.5, 0.6) is 0 Å². The molecule has 1 fully saturated rings. The quantitative estimate of drug-likeness (QED) is 0.297. The summed E-state index contributed by atoms with van der Waals surface area (Å²) in [6, 6.07) is 10.1. The molecule has 7 nitrogen and oxygen atoms in total. The van der Waals surface area contributed by atoms with Crippen LogP contribution in [0.1, 0.15) is 42.7 Å². The van der Waals surface area contributed by atoms with Crippen LogP contribution in [0.3, 0.4) is 0 Å². The van der Waals surface area contributed by atoms with E-state index in [0.29, 0.717) is 33.7 Å². The van der Waals surface area contributed by atoms with Crippen LogP contribution in [0.2, 0.25) is 0 Å². The molecule has 1 saturated heterocycles. The second-order valence-electron chi connectivity index (χ2n) is 7.66. The molecule has 4 rings (SSSR count). The Morgan fingerprint density at radius 1 is 1.24 bits per heavy atom. The van der Waals surface area contributed by atoms with E-state index in [2.05, 4.69) is 47.7 Å². The number of hydrogen-bond acceptors (Lipinski definition) is 8. The van der Waals surface area contributed by atoms with Crippen LogP contribution in [-0.2, 0) is 22.4 Å². The van der Waals surface area contributed by atoms with Gasteiger partial charge in [-0.05, 0) is 64.3 Å². The Bertz CT molecular complexity index is 1230. The summed E-state index contributed by atoms with van der Waals surface area (Å²) in [7, 11) is 0. The average molecular weight is 513 g/mol. The first-order valence-electron chi connectivity index (χ1n) is 11.0. The number of thiocarbonyl (C=S) groups is 1. The van der Waals surface area contributed by atoms with Gasteiger partial charge < -0.3 is 5.32 Å². The number of benzene rings is 1. The maximum atomic E-state index is 12.7. The molecule has 10 heteroatoms. The number of rotatable bonds is 9. The largest absolute Gasteiger partial charge is 0.306 e. The number of aromatic nitrogens is 2. The van der Waals surface area contributed by atoms with Gasteiger partial charge in [0.25, 0.3) is 5.91 Å². The number of thioether (sulfide) groups is 1. The van der Waals surface area contributed by atoms with Crippen molar-refractivity contribution in [3.8, 4) is 11.3 Å².